The van der Waals surface area contributed by atoms with Crippen LogP contribution in [0.15, 0.2) is 0 Å². The highest BCUT2D eigenvalue weighted by molar-refractivity contribution is 5.75. The van der Waals surface area contributed by atoms with Gasteiger partial charge in [-0.05, 0) is 13.5 Å². The van der Waals surface area contributed by atoms with E-state index in [0.717, 1.165) is 19.4 Å². The number of hydrogen-bond donors (Lipinski definition) is 2. The fourth-order valence-corrected chi connectivity index (χ4v) is 0.965. The Labute approximate surface area is 86.4 Å². The van der Waals surface area contributed by atoms with Crippen molar-refractivity contribution < 1.29 is 9.53 Å². The molecule has 1 amide bonds. The summed E-state index contributed by atoms with van der Waals surface area (Å²) in [6.07, 6.45) is 2.66. The van der Waals surface area contributed by atoms with Gasteiger partial charge in [0.25, 0.3) is 0 Å². The molecule has 0 aromatic heterocycles. The van der Waals surface area contributed by atoms with Crippen LogP contribution in [0.2, 0.25) is 0 Å². The highest BCUT2D eigenvalue weighted by Gasteiger charge is 1.98. The van der Waals surface area contributed by atoms with E-state index in [1.54, 1.807) is 0 Å². The van der Waals surface area contributed by atoms with Crippen LogP contribution in [0.4, 0.5) is 0 Å². The monoisotopic (exact) mass is 202 g/mol. The minimum absolute atomic E-state index is 0.129. The molecule has 0 fully saturated rings. The standard InChI is InChI=1S/C10H22N2O2/c1-3-4-5-10(13)12-7-9-14-8-6-11-2/h11H,3-9H2,1-2H3,(H,12,13). The Hall–Kier alpha value is -0.610. The average molecular weight is 202 g/mol. The largest absolute Gasteiger partial charge is 0.378 e. The van der Waals surface area contributed by atoms with E-state index in [9.17, 15) is 4.79 Å². The zero-order chi connectivity index (χ0) is 10.6. The molecular weight excluding hydrogens is 180 g/mol. The third kappa shape index (κ3) is 9.48. The van der Waals surface area contributed by atoms with E-state index >= 15 is 0 Å². The van der Waals surface area contributed by atoms with Crippen LogP contribution in [0.3, 0.4) is 0 Å². The Morgan fingerprint density at radius 1 is 1.29 bits per heavy atom. The number of nitrogens with one attached hydrogen (secondary N) is 2. The molecule has 0 aliphatic heterocycles. The van der Waals surface area contributed by atoms with E-state index in [0.29, 0.717) is 26.2 Å². The van der Waals surface area contributed by atoms with Gasteiger partial charge in [0.2, 0.25) is 5.91 Å². The molecule has 0 heterocycles. The zero-order valence-corrected chi connectivity index (χ0v) is 9.27. The first-order valence-electron chi connectivity index (χ1n) is 5.30. The number of hydrogen-bond acceptors (Lipinski definition) is 3. The van der Waals surface area contributed by atoms with Crippen LogP contribution in [0.25, 0.3) is 0 Å². The Bertz CT molecular complexity index is 140. The van der Waals surface area contributed by atoms with Gasteiger partial charge in [0, 0.05) is 19.5 Å². The number of amides is 1. The molecule has 0 saturated heterocycles. The fraction of sp³-hybridized carbons (Fsp3) is 0.900. The minimum atomic E-state index is 0.129. The van der Waals surface area contributed by atoms with Crippen LogP contribution < -0.4 is 10.6 Å². The van der Waals surface area contributed by atoms with Crippen LogP contribution >= 0.6 is 0 Å². The Kier molecular flexibility index (Phi) is 10.0. The number of carbonyl (C=O) groups excluding carboxylic acids is 1. The molecule has 0 aliphatic carbocycles. The van der Waals surface area contributed by atoms with Crippen LogP contribution in [-0.2, 0) is 9.53 Å². The molecule has 0 unspecified atom stereocenters. The van der Waals surface area contributed by atoms with Gasteiger partial charge in [-0.15, -0.1) is 0 Å². The lowest BCUT2D eigenvalue weighted by molar-refractivity contribution is -0.121. The molecule has 0 saturated carbocycles. The number of likely N-dealkylation sites (N-methyl/N-ethyl adjacent to an activating group) is 1. The molecule has 4 heteroatoms. The fourth-order valence-electron chi connectivity index (χ4n) is 0.965. The van der Waals surface area contributed by atoms with Crippen molar-refractivity contribution in [3.63, 3.8) is 0 Å². The summed E-state index contributed by atoms with van der Waals surface area (Å²) in [7, 11) is 1.88. The van der Waals surface area contributed by atoms with Crippen molar-refractivity contribution in [1.29, 1.82) is 0 Å². The summed E-state index contributed by atoms with van der Waals surface area (Å²) in [6, 6.07) is 0. The highest BCUT2D eigenvalue weighted by Crippen LogP contribution is 1.92. The number of unbranched alkanes of at least 4 members (excludes halogenated alkanes) is 1. The van der Waals surface area contributed by atoms with Crippen LogP contribution in [0, 0.1) is 0 Å². The summed E-state index contributed by atoms with van der Waals surface area (Å²) in [5.74, 6) is 0.129. The van der Waals surface area contributed by atoms with Gasteiger partial charge in [0.15, 0.2) is 0 Å². The Balaban J connectivity index is 3.07. The van der Waals surface area contributed by atoms with Gasteiger partial charge in [0.1, 0.15) is 0 Å². The Morgan fingerprint density at radius 2 is 2.00 bits per heavy atom. The van der Waals surface area contributed by atoms with Gasteiger partial charge in [-0.1, -0.05) is 13.3 Å². The number of ether oxygens (including phenoxy) is 1. The molecule has 0 rings (SSSR count). The van der Waals surface area contributed by atoms with Crippen molar-refractivity contribution >= 4 is 5.91 Å². The molecule has 0 atom stereocenters. The van der Waals surface area contributed by atoms with Gasteiger partial charge >= 0.3 is 0 Å². The summed E-state index contributed by atoms with van der Waals surface area (Å²) in [6.45, 7) is 4.84. The van der Waals surface area contributed by atoms with E-state index in [4.69, 9.17) is 4.74 Å². The summed E-state index contributed by atoms with van der Waals surface area (Å²) in [5.41, 5.74) is 0. The third-order valence-electron chi connectivity index (χ3n) is 1.82. The molecule has 0 aliphatic rings. The van der Waals surface area contributed by atoms with Gasteiger partial charge in [-0.25, -0.2) is 0 Å². The van der Waals surface area contributed by atoms with Gasteiger partial charge in [-0.3, -0.25) is 4.79 Å². The van der Waals surface area contributed by atoms with Crippen molar-refractivity contribution in [1.82, 2.24) is 10.6 Å². The normalized spacial score (nSPS) is 10.1. The first-order valence-corrected chi connectivity index (χ1v) is 5.30. The second-order valence-electron chi connectivity index (χ2n) is 3.17. The van der Waals surface area contributed by atoms with Gasteiger partial charge in [0.05, 0.1) is 13.2 Å². The van der Waals surface area contributed by atoms with Crippen LogP contribution in [0.5, 0.6) is 0 Å². The predicted octanol–water partition coefficient (Wildman–Crippen LogP) is 0.529. The maximum absolute atomic E-state index is 11.1. The van der Waals surface area contributed by atoms with Gasteiger partial charge in [-0.2, -0.15) is 0 Å². The molecule has 0 radical (unpaired) electrons. The second kappa shape index (κ2) is 10.5. The molecular formula is C10H22N2O2. The van der Waals surface area contributed by atoms with E-state index < -0.39 is 0 Å². The summed E-state index contributed by atoms with van der Waals surface area (Å²) < 4.78 is 5.25. The third-order valence-corrected chi connectivity index (χ3v) is 1.82. The lowest BCUT2D eigenvalue weighted by atomic mass is 10.2. The van der Waals surface area contributed by atoms with Crippen LogP contribution in [0.1, 0.15) is 26.2 Å². The van der Waals surface area contributed by atoms with Crippen molar-refractivity contribution in [2.45, 2.75) is 26.2 Å². The van der Waals surface area contributed by atoms with E-state index in [1.165, 1.54) is 0 Å². The van der Waals surface area contributed by atoms with Crippen molar-refractivity contribution in [3.8, 4) is 0 Å². The minimum Gasteiger partial charge on any atom is -0.378 e. The molecule has 4 nitrogen and oxygen atoms in total. The van der Waals surface area contributed by atoms with E-state index in [1.807, 2.05) is 7.05 Å². The maximum atomic E-state index is 11.1. The smallest absolute Gasteiger partial charge is 0.220 e. The van der Waals surface area contributed by atoms with Gasteiger partial charge < -0.3 is 15.4 Å². The molecule has 0 spiro atoms. The first kappa shape index (κ1) is 13.4. The molecule has 0 aromatic rings. The number of rotatable bonds is 9. The quantitative estimate of drug-likeness (QED) is 0.536. The lowest BCUT2D eigenvalue weighted by Crippen LogP contribution is -2.27. The topological polar surface area (TPSA) is 50.4 Å². The Morgan fingerprint density at radius 3 is 2.64 bits per heavy atom. The van der Waals surface area contributed by atoms with Crippen LogP contribution in [-0.4, -0.2) is 39.3 Å². The molecule has 2 N–H and O–H groups in total. The van der Waals surface area contributed by atoms with E-state index in [-0.39, 0.29) is 5.91 Å². The first-order chi connectivity index (χ1) is 6.81. The maximum Gasteiger partial charge on any atom is 0.220 e. The molecule has 0 bridgehead atoms. The second-order valence-corrected chi connectivity index (χ2v) is 3.17. The highest BCUT2D eigenvalue weighted by atomic mass is 16.5. The summed E-state index contributed by atoms with van der Waals surface area (Å²) in [5, 5.41) is 5.79. The van der Waals surface area contributed by atoms with E-state index in [2.05, 4.69) is 17.6 Å². The predicted molar refractivity (Wildman–Crippen MR) is 57.3 cm³/mol. The zero-order valence-electron chi connectivity index (χ0n) is 9.27. The molecule has 0 aromatic carbocycles. The van der Waals surface area contributed by atoms with Crippen molar-refractivity contribution in [3.05, 3.63) is 0 Å². The molecule has 14 heavy (non-hydrogen) atoms. The van der Waals surface area contributed by atoms with Crippen molar-refractivity contribution in [2.24, 2.45) is 0 Å². The average Bonchev–Trinajstić information content (AvgIpc) is 2.20. The molecule has 84 valence electrons. The summed E-state index contributed by atoms with van der Waals surface area (Å²) in [4.78, 5) is 11.1. The number of carbonyl (C=O) groups is 1. The van der Waals surface area contributed by atoms with Crippen molar-refractivity contribution in [2.75, 3.05) is 33.4 Å². The summed E-state index contributed by atoms with van der Waals surface area (Å²) >= 11 is 0. The lowest BCUT2D eigenvalue weighted by Gasteiger charge is -2.05. The SMILES string of the molecule is CCCCC(=O)NCCOCCNC.